The summed E-state index contributed by atoms with van der Waals surface area (Å²) in [5.41, 5.74) is 7.26. The molecule has 25 heavy (non-hydrogen) atoms. The van der Waals surface area contributed by atoms with Crippen LogP contribution in [-0.4, -0.2) is 41.7 Å². The lowest BCUT2D eigenvalue weighted by Crippen LogP contribution is -2.40. The van der Waals surface area contributed by atoms with Crippen LogP contribution < -0.4 is 16.4 Å². The number of aromatic nitrogens is 2. The summed E-state index contributed by atoms with van der Waals surface area (Å²) in [7, 11) is 0. The first-order valence-electron chi connectivity index (χ1n) is 8.27. The monoisotopic (exact) mass is 343 g/mol. The van der Waals surface area contributed by atoms with Crippen molar-refractivity contribution in [1.82, 2.24) is 20.6 Å². The molecule has 2 heterocycles. The van der Waals surface area contributed by atoms with Gasteiger partial charge >= 0.3 is 6.09 Å². The van der Waals surface area contributed by atoms with Gasteiger partial charge in [0.2, 0.25) is 0 Å². The summed E-state index contributed by atoms with van der Waals surface area (Å²) in [6.45, 7) is 1.30. The molecule has 1 unspecified atom stereocenters. The minimum atomic E-state index is -0.695. The molecule has 1 fully saturated rings. The summed E-state index contributed by atoms with van der Waals surface area (Å²) >= 11 is 0. The van der Waals surface area contributed by atoms with Gasteiger partial charge in [-0.2, -0.15) is 0 Å². The van der Waals surface area contributed by atoms with E-state index >= 15 is 0 Å². The zero-order valence-corrected chi connectivity index (χ0v) is 13.8. The van der Waals surface area contributed by atoms with Gasteiger partial charge < -0.3 is 21.1 Å². The van der Waals surface area contributed by atoms with Crippen molar-refractivity contribution >= 4 is 23.0 Å². The Kier molecular flexibility index (Phi) is 5.39. The summed E-state index contributed by atoms with van der Waals surface area (Å²) in [5, 5.41) is 6.13. The molecule has 4 N–H and O–H groups in total. The number of rotatable bonds is 5. The van der Waals surface area contributed by atoms with Crippen LogP contribution in [0, 0.1) is 5.92 Å². The van der Waals surface area contributed by atoms with E-state index in [0.29, 0.717) is 5.69 Å². The number of carbonyl (C=O) groups excluding carboxylic acids is 2. The number of fused-ring (bicyclic) bond motifs is 1. The third-order valence-electron chi connectivity index (χ3n) is 4.26. The molecule has 8 heteroatoms. The Morgan fingerprint density at radius 3 is 2.72 bits per heavy atom. The number of carbonyl (C=O) groups is 2. The molecule has 8 nitrogen and oxygen atoms in total. The quantitative estimate of drug-likeness (QED) is 0.741. The Labute approximate surface area is 145 Å². The Balaban J connectivity index is 1.83. The summed E-state index contributed by atoms with van der Waals surface area (Å²) in [4.78, 5) is 31.9. The molecule has 1 aliphatic rings. The van der Waals surface area contributed by atoms with Crippen molar-refractivity contribution in [2.24, 2.45) is 11.7 Å². The number of hydrogen-bond acceptors (Lipinski definition) is 6. The maximum Gasteiger partial charge on any atom is 0.408 e. The SMILES string of the molecule is NC(=O)COC(=O)NC(c1cnc2ccccc2n1)C1CCNCC1. The molecule has 1 atom stereocenters. The fraction of sp³-hybridized carbons (Fsp3) is 0.412. The molecular formula is C17H21N5O3. The zero-order chi connectivity index (χ0) is 17.6. The summed E-state index contributed by atoms with van der Waals surface area (Å²) in [6, 6.07) is 7.24. The van der Waals surface area contributed by atoms with E-state index in [4.69, 9.17) is 10.5 Å². The number of ether oxygens (including phenoxy) is 1. The Morgan fingerprint density at radius 2 is 2.00 bits per heavy atom. The van der Waals surface area contributed by atoms with Gasteiger partial charge in [-0.3, -0.25) is 9.78 Å². The fourth-order valence-electron chi connectivity index (χ4n) is 3.04. The zero-order valence-electron chi connectivity index (χ0n) is 13.8. The number of hydrogen-bond donors (Lipinski definition) is 3. The van der Waals surface area contributed by atoms with Crippen LogP contribution >= 0.6 is 0 Å². The Morgan fingerprint density at radius 1 is 1.28 bits per heavy atom. The first kappa shape index (κ1) is 17.1. The fourth-order valence-corrected chi connectivity index (χ4v) is 3.04. The number of alkyl carbamates (subject to hydrolysis) is 1. The number of nitrogens with two attached hydrogens (primary N) is 1. The van der Waals surface area contributed by atoms with E-state index in [1.165, 1.54) is 0 Å². The standard InChI is InChI=1S/C17H21N5O3/c18-15(23)10-25-17(24)22-16(11-5-7-19-8-6-11)14-9-20-12-3-1-2-4-13(12)21-14/h1-4,9,11,16,19H,5-8,10H2,(H2,18,23)(H,22,24). The van der Waals surface area contributed by atoms with E-state index in [0.717, 1.165) is 37.0 Å². The van der Waals surface area contributed by atoms with Crippen LogP contribution in [0.4, 0.5) is 4.79 Å². The molecular weight excluding hydrogens is 322 g/mol. The minimum Gasteiger partial charge on any atom is -0.439 e. The van der Waals surface area contributed by atoms with Gasteiger partial charge in [-0.1, -0.05) is 12.1 Å². The van der Waals surface area contributed by atoms with Crippen LogP contribution in [0.1, 0.15) is 24.6 Å². The topological polar surface area (TPSA) is 119 Å². The Hall–Kier alpha value is -2.74. The average molecular weight is 343 g/mol. The van der Waals surface area contributed by atoms with Gasteiger partial charge in [0.1, 0.15) is 0 Å². The van der Waals surface area contributed by atoms with Crippen molar-refractivity contribution in [3.63, 3.8) is 0 Å². The number of nitrogens with one attached hydrogen (secondary N) is 2. The highest BCUT2D eigenvalue weighted by molar-refractivity contribution is 5.78. The maximum absolute atomic E-state index is 12.0. The molecule has 0 bridgehead atoms. The van der Waals surface area contributed by atoms with Crippen LogP contribution in [0.15, 0.2) is 30.5 Å². The van der Waals surface area contributed by atoms with E-state index < -0.39 is 18.6 Å². The molecule has 2 aromatic rings. The predicted octanol–water partition coefficient (Wildman–Crippen LogP) is 0.882. The van der Waals surface area contributed by atoms with Gasteiger partial charge in [0, 0.05) is 0 Å². The first-order chi connectivity index (χ1) is 12.1. The molecule has 0 radical (unpaired) electrons. The highest BCUT2D eigenvalue weighted by Crippen LogP contribution is 2.28. The van der Waals surface area contributed by atoms with Crippen LogP contribution in [-0.2, 0) is 9.53 Å². The molecule has 2 amide bonds. The second-order valence-electron chi connectivity index (χ2n) is 6.04. The summed E-state index contributed by atoms with van der Waals surface area (Å²) in [5.74, 6) is -0.489. The van der Waals surface area contributed by atoms with Gasteiger partial charge in [-0.15, -0.1) is 0 Å². The molecule has 0 aliphatic carbocycles. The number of nitrogens with zero attached hydrogens (tertiary/aromatic N) is 2. The molecule has 1 saturated heterocycles. The predicted molar refractivity (Wildman–Crippen MR) is 91.6 cm³/mol. The molecule has 132 valence electrons. The largest absolute Gasteiger partial charge is 0.439 e. The number of amides is 2. The van der Waals surface area contributed by atoms with Crippen molar-refractivity contribution in [3.8, 4) is 0 Å². The average Bonchev–Trinajstić information content (AvgIpc) is 2.65. The lowest BCUT2D eigenvalue weighted by Gasteiger charge is -2.30. The molecule has 1 aliphatic heterocycles. The van der Waals surface area contributed by atoms with Gasteiger partial charge in [-0.25, -0.2) is 9.78 Å². The number of para-hydroxylation sites is 2. The van der Waals surface area contributed by atoms with Crippen molar-refractivity contribution in [2.75, 3.05) is 19.7 Å². The number of piperidine rings is 1. The molecule has 0 saturated carbocycles. The highest BCUT2D eigenvalue weighted by atomic mass is 16.6. The van der Waals surface area contributed by atoms with E-state index in [2.05, 4.69) is 20.6 Å². The molecule has 1 aromatic carbocycles. The number of primary amides is 1. The smallest absolute Gasteiger partial charge is 0.408 e. The lowest BCUT2D eigenvalue weighted by molar-refractivity contribution is -0.120. The van der Waals surface area contributed by atoms with E-state index in [-0.39, 0.29) is 12.0 Å². The molecule has 1 aromatic heterocycles. The Bertz CT molecular complexity index is 761. The third kappa shape index (κ3) is 4.42. The van der Waals surface area contributed by atoms with Gasteiger partial charge in [0.25, 0.3) is 5.91 Å². The molecule has 0 spiro atoms. The highest BCUT2D eigenvalue weighted by Gasteiger charge is 2.28. The summed E-state index contributed by atoms with van der Waals surface area (Å²) < 4.78 is 4.85. The maximum atomic E-state index is 12.0. The van der Waals surface area contributed by atoms with Crippen LogP contribution in [0.2, 0.25) is 0 Å². The second kappa shape index (κ2) is 7.89. The van der Waals surface area contributed by atoms with Crippen molar-refractivity contribution in [2.45, 2.75) is 18.9 Å². The van der Waals surface area contributed by atoms with Gasteiger partial charge in [0.15, 0.2) is 6.61 Å². The lowest BCUT2D eigenvalue weighted by atomic mass is 9.88. The van der Waals surface area contributed by atoms with E-state index in [1.54, 1.807) is 6.20 Å². The minimum absolute atomic E-state index is 0.206. The van der Waals surface area contributed by atoms with Crippen molar-refractivity contribution < 1.29 is 14.3 Å². The van der Waals surface area contributed by atoms with Crippen molar-refractivity contribution in [3.05, 3.63) is 36.2 Å². The second-order valence-corrected chi connectivity index (χ2v) is 6.04. The van der Waals surface area contributed by atoms with Crippen LogP contribution in [0.25, 0.3) is 11.0 Å². The third-order valence-corrected chi connectivity index (χ3v) is 4.26. The summed E-state index contributed by atoms with van der Waals surface area (Å²) in [6.07, 6.45) is 2.80. The van der Waals surface area contributed by atoms with Gasteiger partial charge in [0.05, 0.1) is 29.0 Å². The van der Waals surface area contributed by atoms with Gasteiger partial charge in [-0.05, 0) is 44.0 Å². The molecule has 3 rings (SSSR count). The first-order valence-corrected chi connectivity index (χ1v) is 8.27. The van der Waals surface area contributed by atoms with E-state index in [9.17, 15) is 9.59 Å². The van der Waals surface area contributed by atoms with Crippen LogP contribution in [0.5, 0.6) is 0 Å². The number of benzene rings is 1. The van der Waals surface area contributed by atoms with E-state index in [1.807, 2.05) is 24.3 Å². The van der Waals surface area contributed by atoms with Crippen LogP contribution in [0.3, 0.4) is 0 Å². The normalized spacial score (nSPS) is 16.3. The van der Waals surface area contributed by atoms with Crippen molar-refractivity contribution in [1.29, 1.82) is 0 Å².